The molecule has 2 atom stereocenters. The van der Waals surface area contributed by atoms with Crippen LogP contribution in [0.5, 0.6) is 0 Å². The molecule has 5 rings (SSSR count). The van der Waals surface area contributed by atoms with Crippen LogP contribution in [0.4, 0.5) is 11.8 Å². The summed E-state index contributed by atoms with van der Waals surface area (Å²) in [6, 6.07) is 12.5. The van der Waals surface area contributed by atoms with Crippen molar-refractivity contribution in [3.8, 4) is 0 Å². The van der Waals surface area contributed by atoms with Gasteiger partial charge in [0.2, 0.25) is 5.95 Å². The summed E-state index contributed by atoms with van der Waals surface area (Å²) in [6.07, 6.45) is 7.61. The van der Waals surface area contributed by atoms with E-state index in [1.165, 1.54) is 24.9 Å². The molecule has 3 aliphatic rings. The average molecular weight is 446 g/mol. The summed E-state index contributed by atoms with van der Waals surface area (Å²) >= 11 is 0. The fraction of sp³-hybridized carbons (Fsp3) is 0.500. The van der Waals surface area contributed by atoms with Gasteiger partial charge in [-0.1, -0.05) is 36.4 Å². The Hall–Kier alpha value is -2.77. The third-order valence-electron chi connectivity index (χ3n) is 6.85. The molecule has 0 spiro atoms. The van der Waals surface area contributed by atoms with Gasteiger partial charge in [0.1, 0.15) is 5.84 Å². The van der Waals surface area contributed by atoms with E-state index in [4.69, 9.17) is 15.0 Å². The second kappa shape index (κ2) is 9.61. The minimum absolute atomic E-state index is 0.690. The number of benzene rings is 1. The number of rotatable bonds is 9. The monoisotopic (exact) mass is 445 g/mol. The smallest absolute Gasteiger partial charge is 0.227 e. The largest absolute Gasteiger partial charge is 0.340 e. The van der Waals surface area contributed by atoms with Crippen LogP contribution in [0.15, 0.2) is 53.5 Å². The van der Waals surface area contributed by atoms with E-state index < -0.39 is 0 Å². The van der Waals surface area contributed by atoms with E-state index in [-0.39, 0.29) is 0 Å². The number of amidine groups is 1. The lowest BCUT2D eigenvalue weighted by Crippen LogP contribution is -2.33. The van der Waals surface area contributed by atoms with Crippen molar-refractivity contribution in [3.63, 3.8) is 0 Å². The van der Waals surface area contributed by atoms with Gasteiger partial charge in [-0.2, -0.15) is 4.98 Å². The van der Waals surface area contributed by atoms with Gasteiger partial charge in [0.05, 0.1) is 5.69 Å². The standard InChI is InChI=1S/C26H35N7/c1-27-31-24(12-11-18-9-10-18)29-25-14-20(13-19-7-5-4-6-8-19)28-26(30-25)33-16-22-21(15-32(2)3)23(22)17-33/h4-8,11-12,14,18,21-23,27H,9-10,13,15-17H2,1-3H3,(H,28,29,30,31)/b12-11+. The number of hydrogen-bond donors (Lipinski definition) is 2. The van der Waals surface area contributed by atoms with E-state index in [9.17, 15) is 0 Å². The minimum Gasteiger partial charge on any atom is -0.340 e. The minimum atomic E-state index is 0.690. The predicted molar refractivity (Wildman–Crippen MR) is 134 cm³/mol. The molecule has 2 N–H and O–H groups in total. The number of anilines is 1. The van der Waals surface area contributed by atoms with Gasteiger partial charge in [0.25, 0.3) is 0 Å². The van der Waals surface area contributed by atoms with E-state index in [2.05, 4.69) is 71.2 Å². The van der Waals surface area contributed by atoms with Crippen LogP contribution in [0.3, 0.4) is 0 Å². The lowest BCUT2D eigenvalue weighted by molar-refractivity contribution is 0.366. The highest BCUT2D eigenvalue weighted by Gasteiger charge is 2.55. The lowest BCUT2D eigenvalue weighted by atomic mass is 10.1. The molecular weight excluding hydrogens is 410 g/mol. The molecule has 1 aromatic carbocycles. The Labute approximate surface area is 197 Å². The average Bonchev–Trinajstić information content (AvgIpc) is 3.69. The van der Waals surface area contributed by atoms with Gasteiger partial charge in [-0.15, -0.1) is 0 Å². The predicted octanol–water partition coefficient (Wildman–Crippen LogP) is 3.03. The number of piperidine rings is 1. The first kappa shape index (κ1) is 22.0. The molecule has 2 saturated carbocycles. The molecule has 1 aliphatic heterocycles. The molecule has 0 radical (unpaired) electrons. The van der Waals surface area contributed by atoms with Gasteiger partial charge >= 0.3 is 0 Å². The van der Waals surface area contributed by atoms with Crippen LogP contribution >= 0.6 is 0 Å². The molecule has 2 aromatic rings. The SMILES string of the molecule is CNNC(/C=C/C1CC1)=Nc1cc(Cc2ccccc2)nc(N2CC3C(CN(C)C)C3C2)n1. The van der Waals surface area contributed by atoms with E-state index >= 15 is 0 Å². The van der Waals surface area contributed by atoms with Crippen molar-refractivity contribution in [2.75, 3.05) is 45.7 Å². The molecule has 174 valence electrons. The number of hydrogen-bond acceptors (Lipinski definition) is 6. The highest BCUT2D eigenvalue weighted by molar-refractivity contribution is 5.94. The summed E-state index contributed by atoms with van der Waals surface area (Å²) < 4.78 is 0. The molecule has 7 heteroatoms. The Morgan fingerprint density at radius 1 is 1.15 bits per heavy atom. The van der Waals surface area contributed by atoms with Gasteiger partial charge in [-0.05, 0) is 62.2 Å². The zero-order valence-corrected chi connectivity index (χ0v) is 19.9. The van der Waals surface area contributed by atoms with Crippen molar-refractivity contribution in [3.05, 3.63) is 59.8 Å². The first-order valence-electron chi connectivity index (χ1n) is 12.1. The molecule has 2 unspecified atom stereocenters. The van der Waals surface area contributed by atoms with Crippen LogP contribution in [0.2, 0.25) is 0 Å². The van der Waals surface area contributed by atoms with Crippen LogP contribution in [0.1, 0.15) is 24.1 Å². The fourth-order valence-electron chi connectivity index (χ4n) is 4.94. The number of aromatic nitrogens is 2. The van der Waals surface area contributed by atoms with Crippen LogP contribution in [0, 0.1) is 23.7 Å². The van der Waals surface area contributed by atoms with Gasteiger partial charge < -0.3 is 15.2 Å². The Bertz CT molecular complexity index is 1000. The summed E-state index contributed by atoms with van der Waals surface area (Å²) in [6.45, 7) is 3.27. The first-order valence-corrected chi connectivity index (χ1v) is 12.1. The fourth-order valence-corrected chi connectivity index (χ4v) is 4.94. The van der Waals surface area contributed by atoms with E-state index in [0.717, 1.165) is 54.7 Å². The quantitative estimate of drug-likeness (QED) is 0.351. The molecule has 0 bridgehead atoms. The number of hydrazine groups is 1. The second-order valence-electron chi connectivity index (χ2n) is 9.91. The molecule has 7 nitrogen and oxygen atoms in total. The molecule has 2 heterocycles. The summed E-state index contributed by atoms with van der Waals surface area (Å²) in [5, 5.41) is 0. The van der Waals surface area contributed by atoms with Crippen molar-refractivity contribution >= 4 is 17.6 Å². The third kappa shape index (κ3) is 5.60. The van der Waals surface area contributed by atoms with Gasteiger partial charge in [-0.3, -0.25) is 0 Å². The van der Waals surface area contributed by atoms with Crippen LogP contribution in [0.25, 0.3) is 0 Å². The van der Waals surface area contributed by atoms with Crippen molar-refractivity contribution < 1.29 is 0 Å². The molecule has 0 amide bonds. The maximum atomic E-state index is 4.97. The zero-order valence-electron chi connectivity index (χ0n) is 19.9. The van der Waals surface area contributed by atoms with Gasteiger partial charge in [0.15, 0.2) is 5.82 Å². The Kier molecular flexibility index (Phi) is 6.42. The Morgan fingerprint density at radius 3 is 2.58 bits per heavy atom. The Balaban J connectivity index is 1.39. The van der Waals surface area contributed by atoms with E-state index in [0.29, 0.717) is 11.7 Å². The summed E-state index contributed by atoms with van der Waals surface area (Å²) in [4.78, 5) is 19.4. The molecule has 3 fully saturated rings. The number of nitrogens with zero attached hydrogens (tertiary/aromatic N) is 5. The third-order valence-corrected chi connectivity index (χ3v) is 6.85. The molecular formula is C26H35N7. The second-order valence-corrected chi connectivity index (χ2v) is 9.91. The van der Waals surface area contributed by atoms with Crippen LogP contribution < -0.4 is 15.8 Å². The van der Waals surface area contributed by atoms with Crippen molar-refractivity contribution in [2.45, 2.75) is 19.3 Å². The van der Waals surface area contributed by atoms with Gasteiger partial charge in [-0.25, -0.2) is 15.4 Å². The summed E-state index contributed by atoms with van der Waals surface area (Å²) in [5.41, 5.74) is 8.39. The highest BCUT2D eigenvalue weighted by atomic mass is 15.4. The summed E-state index contributed by atoms with van der Waals surface area (Å²) in [7, 11) is 6.19. The van der Waals surface area contributed by atoms with Crippen LogP contribution in [-0.4, -0.2) is 61.5 Å². The van der Waals surface area contributed by atoms with Crippen molar-refractivity contribution in [1.29, 1.82) is 0 Å². The van der Waals surface area contributed by atoms with Crippen LogP contribution in [-0.2, 0) is 6.42 Å². The maximum Gasteiger partial charge on any atom is 0.227 e. The van der Waals surface area contributed by atoms with Crippen molar-refractivity contribution in [2.24, 2.45) is 28.7 Å². The lowest BCUT2D eigenvalue weighted by Gasteiger charge is -2.21. The number of allylic oxidation sites excluding steroid dienone is 1. The molecule has 1 saturated heterocycles. The zero-order chi connectivity index (χ0) is 22.8. The highest BCUT2D eigenvalue weighted by Crippen LogP contribution is 2.52. The van der Waals surface area contributed by atoms with Gasteiger partial charge in [0, 0.05) is 39.2 Å². The normalized spacial score (nSPS) is 24.5. The molecule has 2 aliphatic carbocycles. The number of aliphatic imine (C=N–C) groups is 1. The van der Waals surface area contributed by atoms with Crippen molar-refractivity contribution in [1.82, 2.24) is 25.7 Å². The summed E-state index contributed by atoms with van der Waals surface area (Å²) in [5.74, 6) is 5.33. The van der Waals surface area contributed by atoms with E-state index in [1.807, 2.05) is 19.2 Å². The molecule has 33 heavy (non-hydrogen) atoms. The maximum absolute atomic E-state index is 4.97. The number of nitrogens with one attached hydrogen (secondary N) is 2. The first-order chi connectivity index (χ1) is 16.1. The number of fused-ring (bicyclic) bond motifs is 1. The Morgan fingerprint density at radius 2 is 1.91 bits per heavy atom. The van der Waals surface area contributed by atoms with E-state index in [1.54, 1.807) is 0 Å². The molecule has 1 aromatic heterocycles. The topological polar surface area (TPSA) is 68.7 Å².